The molecule has 0 saturated heterocycles. The van der Waals surface area contributed by atoms with Gasteiger partial charge in [-0.05, 0) is 47.7 Å². The number of H-pyrrole nitrogens is 1. The Balaban J connectivity index is 1.69. The number of pyridine rings is 1. The molecule has 0 aliphatic heterocycles. The summed E-state index contributed by atoms with van der Waals surface area (Å²) in [6.07, 6.45) is 5.37. The normalized spacial score (nSPS) is 11.0. The SMILES string of the molecule is Cc1sccc1CSc1cc(-c2ncc[nH]2)c(-c2ccc(F)cc2)cn1. The van der Waals surface area contributed by atoms with Crippen molar-refractivity contribution in [1.82, 2.24) is 15.0 Å². The number of hydrogen-bond donors (Lipinski definition) is 1. The zero-order chi connectivity index (χ0) is 17.9. The van der Waals surface area contributed by atoms with Crippen LogP contribution in [-0.2, 0) is 5.75 Å². The molecule has 1 N–H and O–H groups in total. The average Bonchev–Trinajstić information content (AvgIpc) is 3.32. The second kappa shape index (κ2) is 7.43. The summed E-state index contributed by atoms with van der Waals surface area (Å²) in [7, 11) is 0. The minimum absolute atomic E-state index is 0.250. The summed E-state index contributed by atoms with van der Waals surface area (Å²) in [5, 5.41) is 3.05. The Morgan fingerprint density at radius 2 is 1.96 bits per heavy atom. The molecule has 0 bridgehead atoms. The largest absolute Gasteiger partial charge is 0.345 e. The monoisotopic (exact) mass is 381 g/mol. The maximum absolute atomic E-state index is 13.3. The van der Waals surface area contributed by atoms with Crippen molar-refractivity contribution in [3.05, 3.63) is 76.6 Å². The first-order chi connectivity index (χ1) is 12.7. The van der Waals surface area contributed by atoms with Gasteiger partial charge in [0.1, 0.15) is 11.6 Å². The molecule has 0 amide bonds. The molecule has 3 aromatic heterocycles. The topological polar surface area (TPSA) is 41.6 Å². The van der Waals surface area contributed by atoms with E-state index in [1.54, 1.807) is 47.6 Å². The second-order valence-electron chi connectivity index (χ2n) is 5.80. The summed E-state index contributed by atoms with van der Waals surface area (Å²) in [4.78, 5) is 13.5. The number of nitrogens with zero attached hydrogens (tertiary/aromatic N) is 2. The van der Waals surface area contributed by atoms with Gasteiger partial charge in [0.25, 0.3) is 0 Å². The van der Waals surface area contributed by atoms with Crippen LogP contribution in [0, 0.1) is 12.7 Å². The summed E-state index contributed by atoms with van der Waals surface area (Å²) in [6, 6.07) is 10.7. The van der Waals surface area contributed by atoms with Gasteiger partial charge in [-0.25, -0.2) is 14.4 Å². The van der Waals surface area contributed by atoms with E-state index < -0.39 is 0 Å². The lowest BCUT2D eigenvalue weighted by Crippen LogP contribution is -1.92. The predicted octanol–water partition coefficient (Wildman–Crippen LogP) is 5.94. The standard InChI is InChI=1S/C20H16FN3S2/c1-13-15(6-9-25-13)12-26-19-10-17(20-22-7-8-23-20)18(11-24-19)14-2-4-16(21)5-3-14/h2-11H,12H2,1H3,(H,22,23). The van der Waals surface area contributed by atoms with E-state index in [9.17, 15) is 4.39 Å². The quantitative estimate of drug-likeness (QED) is 0.435. The first kappa shape index (κ1) is 17.0. The number of aryl methyl sites for hydroxylation is 1. The number of benzene rings is 1. The van der Waals surface area contributed by atoms with Crippen LogP contribution in [-0.4, -0.2) is 15.0 Å². The summed E-state index contributed by atoms with van der Waals surface area (Å²) in [6.45, 7) is 2.14. The molecule has 0 atom stereocenters. The molecular formula is C20H16FN3S2. The van der Waals surface area contributed by atoms with E-state index in [1.165, 1.54) is 22.6 Å². The lowest BCUT2D eigenvalue weighted by Gasteiger charge is -2.10. The van der Waals surface area contributed by atoms with Gasteiger partial charge in [-0.1, -0.05) is 12.1 Å². The molecule has 130 valence electrons. The Kier molecular flexibility index (Phi) is 4.86. The highest BCUT2D eigenvalue weighted by molar-refractivity contribution is 7.98. The van der Waals surface area contributed by atoms with Gasteiger partial charge in [-0.2, -0.15) is 0 Å². The van der Waals surface area contributed by atoms with Gasteiger partial charge < -0.3 is 4.98 Å². The number of hydrogen-bond acceptors (Lipinski definition) is 4. The molecule has 0 saturated carbocycles. The number of thioether (sulfide) groups is 1. The Labute approximate surface area is 159 Å². The van der Waals surface area contributed by atoms with Crippen LogP contribution in [0.25, 0.3) is 22.5 Å². The molecule has 6 heteroatoms. The van der Waals surface area contributed by atoms with Crippen LogP contribution in [0.3, 0.4) is 0 Å². The maximum atomic E-state index is 13.3. The third-order valence-corrected chi connectivity index (χ3v) is 5.99. The number of aromatic amines is 1. The van der Waals surface area contributed by atoms with E-state index in [4.69, 9.17) is 0 Å². The van der Waals surface area contributed by atoms with E-state index >= 15 is 0 Å². The number of halogens is 1. The minimum Gasteiger partial charge on any atom is -0.345 e. The molecule has 0 fully saturated rings. The van der Waals surface area contributed by atoms with Crippen LogP contribution >= 0.6 is 23.1 Å². The molecule has 26 heavy (non-hydrogen) atoms. The fourth-order valence-electron chi connectivity index (χ4n) is 2.70. The van der Waals surface area contributed by atoms with Gasteiger partial charge in [0.15, 0.2) is 0 Å². The van der Waals surface area contributed by atoms with Gasteiger partial charge >= 0.3 is 0 Å². The van der Waals surface area contributed by atoms with Crippen molar-refractivity contribution >= 4 is 23.1 Å². The van der Waals surface area contributed by atoms with E-state index in [1.807, 2.05) is 12.3 Å². The minimum atomic E-state index is -0.250. The van der Waals surface area contributed by atoms with Crippen LogP contribution in [0.2, 0.25) is 0 Å². The van der Waals surface area contributed by atoms with Crippen molar-refractivity contribution in [2.24, 2.45) is 0 Å². The van der Waals surface area contributed by atoms with Crippen LogP contribution in [0.5, 0.6) is 0 Å². The first-order valence-electron chi connectivity index (χ1n) is 8.12. The molecule has 3 nitrogen and oxygen atoms in total. The number of thiophene rings is 1. The molecule has 0 aliphatic rings. The maximum Gasteiger partial charge on any atom is 0.138 e. The molecule has 3 heterocycles. The van der Waals surface area contributed by atoms with Crippen molar-refractivity contribution in [3.8, 4) is 22.5 Å². The molecule has 1 aromatic carbocycles. The van der Waals surface area contributed by atoms with E-state index in [0.717, 1.165) is 33.3 Å². The molecular weight excluding hydrogens is 365 g/mol. The summed E-state index contributed by atoms with van der Waals surface area (Å²) >= 11 is 3.47. The van der Waals surface area contributed by atoms with Gasteiger partial charge in [-0.3, -0.25) is 0 Å². The average molecular weight is 382 g/mol. The smallest absolute Gasteiger partial charge is 0.138 e. The third kappa shape index (κ3) is 3.57. The molecule has 4 rings (SSSR count). The van der Waals surface area contributed by atoms with Crippen molar-refractivity contribution in [3.63, 3.8) is 0 Å². The lowest BCUT2D eigenvalue weighted by atomic mass is 10.0. The molecule has 0 spiro atoms. The zero-order valence-electron chi connectivity index (χ0n) is 14.1. The highest BCUT2D eigenvalue weighted by atomic mass is 32.2. The third-order valence-electron chi connectivity index (χ3n) is 4.13. The highest BCUT2D eigenvalue weighted by Crippen LogP contribution is 2.34. The summed E-state index contributed by atoms with van der Waals surface area (Å²) in [5.74, 6) is 1.41. The van der Waals surface area contributed by atoms with Crippen LogP contribution in [0.1, 0.15) is 10.4 Å². The van der Waals surface area contributed by atoms with Gasteiger partial charge in [0.2, 0.25) is 0 Å². The zero-order valence-corrected chi connectivity index (χ0v) is 15.7. The predicted molar refractivity (Wildman–Crippen MR) is 106 cm³/mol. The Hall–Kier alpha value is -2.44. The summed E-state index contributed by atoms with van der Waals surface area (Å²) < 4.78 is 13.3. The van der Waals surface area contributed by atoms with Crippen molar-refractivity contribution in [1.29, 1.82) is 0 Å². The number of rotatable bonds is 5. The Morgan fingerprint density at radius 3 is 2.65 bits per heavy atom. The van der Waals surface area contributed by atoms with Crippen LogP contribution in [0.15, 0.2) is 65.4 Å². The number of aromatic nitrogens is 3. The fourth-order valence-corrected chi connectivity index (χ4v) is 4.46. The molecule has 4 aromatic rings. The van der Waals surface area contributed by atoms with Crippen molar-refractivity contribution in [2.75, 3.05) is 0 Å². The highest BCUT2D eigenvalue weighted by Gasteiger charge is 2.12. The Bertz CT molecular complexity index is 1010. The first-order valence-corrected chi connectivity index (χ1v) is 9.99. The molecule has 0 unspecified atom stereocenters. The van der Waals surface area contributed by atoms with Gasteiger partial charge in [0, 0.05) is 40.3 Å². The van der Waals surface area contributed by atoms with E-state index in [0.29, 0.717) is 0 Å². The molecule has 0 radical (unpaired) electrons. The lowest BCUT2D eigenvalue weighted by molar-refractivity contribution is 0.628. The number of imidazole rings is 1. The van der Waals surface area contributed by atoms with E-state index in [2.05, 4.69) is 33.3 Å². The van der Waals surface area contributed by atoms with E-state index in [-0.39, 0.29) is 5.82 Å². The van der Waals surface area contributed by atoms with Crippen molar-refractivity contribution < 1.29 is 4.39 Å². The van der Waals surface area contributed by atoms with Crippen LogP contribution < -0.4 is 0 Å². The second-order valence-corrected chi connectivity index (χ2v) is 7.92. The summed E-state index contributed by atoms with van der Waals surface area (Å²) in [5.41, 5.74) is 4.14. The molecule has 0 aliphatic carbocycles. The van der Waals surface area contributed by atoms with Gasteiger partial charge in [0.05, 0.1) is 5.03 Å². The number of nitrogens with one attached hydrogen (secondary N) is 1. The van der Waals surface area contributed by atoms with Crippen molar-refractivity contribution in [2.45, 2.75) is 17.7 Å². The fraction of sp³-hybridized carbons (Fsp3) is 0.100. The Morgan fingerprint density at radius 1 is 1.12 bits per heavy atom. The van der Waals surface area contributed by atoms with Crippen LogP contribution in [0.4, 0.5) is 4.39 Å². The van der Waals surface area contributed by atoms with Gasteiger partial charge in [-0.15, -0.1) is 23.1 Å².